The van der Waals surface area contributed by atoms with E-state index in [-0.39, 0.29) is 0 Å². The van der Waals surface area contributed by atoms with Crippen molar-refractivity contribution in [2.45, 2.75) is 38.5 Å². The Labute approximate surface area is 107 Å². The van der Waals surface area contributed by atoms with Gasteiger partial charge in [0.2, 0.25) is 0 Å². The number of benzene rings is 1. The zero-order valence-corrected chi connectivity index (χ0v) is 11.0. The van der Waals surface area contributed by atoms with Crippen LogP contribution in [-0.4, -0.2) is 4.98 Å². The van der Waals surface area contributed by atoms with Crippen molar-refractivity contribution in [1.82, 2.24) is 4.98 Å². The molecular weight excluding hydrogens is 226 g/mol. The monoisotopic (exact) mass is 243 g/mol. The van der Waals surface area contributed by atoms with Crippen molar-refractivity contribution >= 4 is 11.3 Å². The molecule has 2 heteroatoms. The molecule has 0 radical (unpaired) electrons. The fourth-order valence-corrected chi connectivity index (χ4v) is 3.01. The number of aromatic nitrogens is 1. The number of thiazole rings is 1. The molecule has 88 valence electrons. The summed E-state index contributed by atoms with van der Waals surface area (Å²) < 4.78 is 0. The summed E-state index contributed by atoms with van der Waals surface area (Å²) in [6.07, 6.45) is 4.89. The minimum absolute atomic E-state index is 0.799. The fraction of sp³-hybridized carbons (Fsp3) is 0.400. The van der Waals surface area contributed by atoms with Crippen LogP contribution in [0.1, 0.15) is 40.6 Å². The maximum Gasteiger partial charge on any atom is 0.0959 e. The largest absolute Gasteiger partial charge is 0.246 e. The van der Waals surface area contributed by atoms with Gasteiger partial charge in [-0.3, -0.25) is 0 Å². The van der Waals surface area contributed by atoms with Gasteiger partial charge in [-0.05, 0) is 38.2 Å². The summed E-state index contributed by atoms with van der Waals surface area (Å²) in [5, 5.41) is 3.60. The van der Waals surface area contributed by atoms with E-state index in [1.807, 2.05) is 11.3 Å². The summed E-state index contributed by atoms with van der Waals surface area (Å²) in [5.41, 5.74) is 4.02. The van der Waals surface area contributed by atoms with Gasteiger partial charge in [0.25, 0.3) is 0 Å². The molecule has 1 aromatic heterocycles. The molecule has 0 atom stereocenters. The van der Waals surface area contributed by atoms with Crippen molar-refractivity contribution < 1.29 is 0 Å². The van der Waals surface area contributed by atoms with Crippen molar-refractivity contribution in [2.75, 3.05) is 0 Å². The lowest BCUT2D eigenvalue weighted by Crippen LogP contribution is -1.92. The topological polar surface area (TPSA) is 12.9 Å². The molecule has 1 aliphatic rings. The predicted octanol–water partition coefficient (Wildman–Crippen LogP) is 4.11. The van der Waals surface area contributed by atoms with Crippen LogP contribution in [0.4, 0.5) is 0 Å². The first kappa shape index (κ1) is 11.0. The molecule has 0 aliphatic heterocycles. The van der Waals surface area contributed by atoms with Crippen molar-refractivity contribution in [3.63, 3.8) is 0 Å². The van der Waals surface area contributed by atoms with Crippen LogP contribution in [0, 0.1) is 6.92 Å². The molecule has 1 nitrogen and oxygen atoms in total. The first-order valence-electron chi connectivity index (χ1n) is 6.31. The van der Waals surface area contributed by atoms with Crippen LogP contribution in [0.15, 0.2) is 29.6 Å². The van der Waals surface area contributed by atoms with E-state index in [0.717, 1.165) is 18.8 Å². The first-order chi connectivity index (χ1) is 8.31. The molecule has 1 aliphatic carbocycles. The second-order valence-corrected chi connectivity index (χ2v) is 5.83. The molecule has 2 aromatic rings. The molecule has 0 unspecified atom stereocenters. The standard InChI is InChI=1S/C15H17NS/c1-11-2-4-12(5-3-11)6-9-14-10-17-15(16-14)13-7-8-13/h2-5,10,13H,6-9H2,1H3. The Balaban J connectivity index is 1.60. The summed E-state index contributed by atoms with van der Waals surface area (Å²) in [6.45, 7) is 2.13. The van der Waals surface area contributed by atoms with Gasteiger partial charge in [0.05, 0.1) is 10.7 Å². The van der Waals surface area contributed by atoms with Crippen LogP contribution in [-0.2, 0) is 12.8 Å². The summed E-state index contributed by atoms with van der Waals surface area (Å²) >= 11 is 1.85. The van der Waals surface area contributed by atoms with Crippen molar-refractivity contribution in [2.24, 2.45) is 0 Å². The van der Waals surface area contributed by atoms with Gasteiger partial charge in [0.15, 0.2) is 0 Å². The normalized spacial score (nSPS) is 15.1. The second-order valence-electron chi connectivity index (χ2n) is 4.94. The third-order valence-electron chi connectivity index (χ3n) is 3.29. The van der Waals surface area contributed by atoms with Crippen molar-refractivity contribution in [1.29, 1.82) is 0 Å². The quantitative estimate of drug-likeness (QED) is 0.787. The summed E-state index contributed by atoms with van der Waals surface area (Å²) in [4.78, 5) is 4.72. The maximum absolute atomic E-state index is 4.72. The molecule has 0 saturated heterocycles. The molecule has 0 bridgehead atoms. The second kappa shape index (κ2) is 4.61. The summed E-state index contributed by atoms with van der Waals surface area (Å²) in [6, 6.07) is 8.82. The Morgan fingerprint density at radius 3 is 2.65 bits per heavy atom. The lowest BCUT2D eigenvalue weighted by Gasteiger charge is -2.00. The number of nitrogens with zero attached hydrogens (tertiary/aromatic N) is 1. The summed E-state index contributed by atoms with van der Waals surface area (Å²) in [5.74, 6) is 0.799. The lowest BCUT2D eigenvalue weighted by atomic mass is 10.1. The van der Waals surface area contributed by atoms with Crippen LogP contribution < -0.4 is 0 Å². The van der Waals surface area contributed by atoms with Gasteiger partial charge in [-0.25, -0.2) is 4.98 Å². The van der Waals surface area contributed by atoms with E-state index in [4.69, 9.17) is 4.98 Å². The molecule has 0 amide bonds. The average Bonchev–Trinajstić information content (AvgIpc) is 3.09. The Hall–Kier alpha value is -1.15. The highest BCUT2D eigenvalue weighted by Gasteiger charge is 2.26. The molecule has 3 rings (SSSR count). The third kappa shape index (κ3) is 2.75. The SMILES string of the molecule is Cc1ccc(CCc2csc(C3CC3)n2)cc1. The van der Waals surface area contributed by atoms with E-state index in [1.54, 1.807) is 0 Å². The number of aryl methyl sites for hydroxylation is 3. The molecule has 1 saturated carbocycles. The van der Waals surface area contributed by atoms with E-state index in [2.05, 4.69) is 36.6 Å². The van der Waals surface area contributed by atoms with Crippen molar-refractivity contribution in [3.05, 3.63) is 51.5 Å². The molecule has 1 aromatic carbocycles. The van der Waals surface area contributed by atoms with Gasteiger partial charge in [-0.2, -0.15) is 0 Å². The summed E-state index contributed by atoms with van der Waals surface area (Å²) in [7, 11) is 0. The van der Waals surface area contributed by atoms with E-state index >= 15 is 0 Å². The predicted molar refractivity (Wildman–Crippen MR) is 72.7 cm³/mol. The van der Waals surface area contributed by atoms with E-state index in [9.17, 15) is 0 Å². The molecule has 1 heterocycles. The van der Waals surface area contributed by atoms with Gasteiger partial charge in [-0.1, -0.05) is 29.8 Å². The van der Waals surface area contributed by atoms with Gasteiger partial charge < -0.3 is 0 Å². The average molecular weight is 243 g/mol. The fourth-order valence-electron chi connectivity index (χ4n) is 1.98. The van der Waals surface area contributed by atoms with Gasteiger partial charge in [-0.15, -0.1) is 11.3 Å². The Bertz CT molecular complexity index is 494. The highest BCUT2D eigenvalue weighted by molar-refractivity contribution is 7.09. The van der Waals surface area contributed by atoms with Crippen LogP contribution in [0.5, 0.6) is 0 Å². The zero-order valence-electron chi connectivity index (χ0n) is 10.1. The lowest BCUT2D eigenvalue weighted by molar-refractivity contribution is 0.907. The number of rotatable bonds is 4. The van der Waals surface area contributed by atoms with Gasteiger partial charge in [0.1, 0.15) is 0 Å². The Kier molecular flexibility index (Phi) is 2.98. The number of hydrogen-bond acceptors (Lipinski definition) is 2. The first-order valence-corrected chi connectivity index (χ1v) is 7.19. The van der Waals surface area contributed by atoms with Crippen LogP contribution in [0.3, 0.4) is 0 Å². The molecular formula is C15H17NS. The van der Waals surface area contributed by atoms with E-state index < -0.39 is 0 Å². The highest BCUT2D eigenvalue weighted by Crippen LogP contribution is 2.41. The van der Waals surface area contributed by atoms with E-state index in [1.165, 1.54) is 34.7 Å². The van der Waals surface area contributed by atoms with Gasteiger partial charge >= 0.3 is 0 Å². The van der Waals surface area contributed by atoms with Crippen LogP contribution in [0.2, 0.25) is 0 Å². The minimum atomic E-state index is 0.799. The number of hydrogen-bond donors (Lipinski definition) is 0. The molecule has 17 heavy (non-hydrogen) atoms. The van der Waals surface area contributed by atoms with Crippen molar-refractivity contribution in [3.8, 4) is 0 Å². The van der Waals surface area contributed by atoms with Crippen LogP contribution >= 0.6 is 11.3 Å². The maximum atomic E-state index is 4.72. The Morgan fingerprint density at radius 2 is 1.94 bits per heavy atom. The zero-order chi connectivity index (χ0) is 11.7. The molecule has 0 N–H and O–H groups in total. The van der Waals surface area contributed by atoms with Crippen LogP contribution in [0.25, 0.3) is 0 Å². The smallest absolute Gasteiger partial charge is 0.0959 e. The third-order valence-corrected chi connectivity index (χ3v) is 4.34. The Morgan fingerprint density at radius 1 is 1.18 bits per heavy atom. The molecule has 0 spiro atoms. The van der Waals surface area contributed by atoms with Gasteiger partial charge in [0, 0.05) is 11.3 Å². The molecule has 1 fully saturated rings. The minimum Gasteiger partial charge on any atom is -0.246 e. The van der Waals surface area contributed by atoms with E-state index in [0.29, 0.717) is 0 Å². The highest BCUT2D eigenvalue weighted by atomic mass is 32.1.